The van der Waals surface area contributed by atoms with Gasteiger partial charge in [0.05, 0.1) is 12.7 Å². The Bertz CT molecular complexity index is 1130. The van der Waals surface area contributed by atoms with Crippen LogP contribution in [0.5, 0.6) is 0 Å². The van der Waals surface area contributed by atoms with Crippen LogP contribution in [0.2, 0.25) is 0 Å². The third kappa shape index (κ3) is 4.96. The minimum Gasteiger partial charge on any atom is -0.350 e. The van der Waals surface area contributed by atoms with Crippen molar-refractivity contribution in [3.63, 3.8) is 0 Å². The molecule has 0 bridgehead atoms. The molecule has 3 heterocycles. The number of piperidine rings is 1. The summed E-state index contributed by atoms with van der Waals surface area (Å²) in [7, 11) is 1.71. The normalized spacial score (nSPS) is 16.3. The number of benzene rings is 1. The quantitative estimate of drug-likeness (QED) is 0.640. The van der Waals surface area contributed by atoms with Crippen molar-refractivity contribution in [1.82, 2.24) is 30.1 Å². The van der Waals surface area contributed by atoms with Gasteiger partial charge in [-0.25, -0.2) is 9.07 Å². The van der Waals surface area contributed by atoms with E-state index in [1.54, 1.807) is 31.4 Å². The van der Waals surface area contributed by atoms with Gasteiger partial charge in [0.2, 0.25) is 0 Å². The van der Waals surface area contributed by atoms with E-state index in [9.17, 15) is 14.0 Å². The number of rotatable bonds is 6. The van der Waals surface area contributed by atoms with Gasteiger partial charge in [0.15, 0.2) is 5.69 Å². The zero-order chi connectivity index (χ0) is 21.8. The summed E-state index contributed by atoms with van der Waals surface area (Å²) in [6, 6.07) is 9.35. The molecule has 0 saturated carbocycles. The van der Waals surface area contributed by atoms with Crippen LogP contribution in [0.25, 0.3) is 0 Å². The highest BCUT2D eigenvalue weighted by molar-refractivity contribution is 5.91. The molecule has 1 saturated heterocycles. The molecule has 10 heteroatoms. The number of aryl methyl sites for hydroxylation is 1. The lowest BCUT2D eigenvalue weighted by molar-refractivity contribution is 0.0944. The first-order chi connectivity index (χ1) is 15.0. The van der Waals surface area contributed by atoms with Crippen LogP contribution >= 0.6 is 0 Å². The molecule has 1 amide bonds. The molecule has 1 aromatic carbocycles. The number of hydrogen-bond donors (Lipinski definition) is 1. The second kappa shape index (κ2) is 9.07. The maximum Gasteiger partial charge on any atom is 0.273 e. The predicted octanol–water partition coefficient (Wildman–Crippen LogP) is 1.35. The van der Waals surface area contributed by atoms with Crippen LogP contribution < -0.4 is 15.8 Å². The van der Waals surface area contributed by atoms with Crippen molar-refractivity contribution in [3.05, 3.63) is 70.0 Å². The van der Waals surface area contributed by atoms with E-state index in [1.807, 2.05) is 0 Å². The van der Waals surface area contributed by atoms with Crippen molar-refractivity contribution in [1.29, 1.82) is 0 Å². The molecule has 162 valence electrons. The van der Waals surface area contributed by atoms with Crippen LogP contribution in [0.1, 0.15) is 35.3 Å². The summed E-state index contributed by atoms with van der Waals surface area (Å²) in [5.74, 6) is 0.0359. The number of carbonyl (C=O) groups excluding carboxylic acids is 1. The molecule has 0 aliphatic carbocycles. The van der Waals surface area contributed by atoms with Gasteiger partial charge in [-0.15, -0.1) is 5.10 Å². The summed E-state index contributed by atoms with van der Waals surface area (Å²) in [5.41, 5.74) is 0.683. The summed E-state index contributed by atoms with van der Waals surface area (Å²) in [6.45, 7) is 1.39. The summed E-state index contributed by atoms with van der Waals surface area (Å²) in [5, 5.41) is 15.1. The maximum absolute atomic E-state index is 13.5. The average Bonchev–Trinajstić information content (AvgIpc) is 3.20. The largest absolute Gasteiger partial charge is 0.350 e. The second-order valence-electron chi connectivity index (χ2n) is 7.65. The lowest BCUT2D eigenvalue weighted by Gasteiger charge is -2.36. The molecule has 2 aromatic heterocycles. The van der Waals surface area contributed by atoms with Gasteiger partial charge in [-0.1, -0.05) is 17.3 Å². The van der Waals surface area contributed by atoms with Gasteiger partial charge in [-0.2, -0.15) is 5.10 Å². The minimum absolute atomic E-state index is 0.0435. The smallest absolute Gasteiger partial charge is 0.273 e. The Morgan fingerprint density at radius 1 is 1.26 bits per heavy atom. The Balaban J connectivity index is 1.49. The van der Waals surface area contributed by atoms with E-state index in [4.69, 9.17) is 0 Å². The van der Waals surface area contributed by atoms with Crippen molar-refractivity contribution in [2.45, 2.75) is 31.8 Å². The first-order valence-corrected chi connectivity index (χ1v) is 10.2. The third-order valence-corrected chi connectivity index (χ3v) is 5.33. The van der Waals surface area contributed by atoms with Gasteiger partial charge in [-0.05, 0) is 43.0 Å². The summed E-state index contributed by atoms with van der Waals surface area (Å²) >= 11 is 0. The highest BCUT2D eigenvalue weighted by Crippen LogP contribution is 2.22. The number of carbonyl (C=O) groups is 1. The standard InChI is InChI=1S/C21H24FN7O2/c1-27-14-18(24-26-27)21(31)23-12-17-7-2-3-10-28(17)19-8-9-20(30)29(25-19)13-15-5-4-6-16(22)11-15/h4-6,8-9,11,14,17H,2-3,7,10,12-13H2,1H3,(H,23,31). The Hall–Kier alpha value is -3.56. The van der Waals surface area contributed by atoms with Crippen LogP contribution in [-0.4, -0.2) is 49.8 Å². The Kier molecular flexibility index (Phi) is 6.06. The monoisotopic (exact) mass is 425 g/mol. The van der Waals surface area contributed by atoms with E-state index in [0.717, 1.165) is 25.8 Å². The van der Waals surface area contributed by atoms with Crippen molar-refractivity contribution >= 4 is 11.7 Å². The Morgan fingerprint density at radius 3 is 2.90 bits per heavy atom. The van der Waals surface area contributed by atoms with Crippen LogP contribution in [0, 0.1) is 5.82 Å². The predicted molar refractivity (Wildman–Crippen MR) is 112 cm³/mol. The van der Waals surface area contributed by atoms with Gasteiger partial charge in [-0.3, -0.25) is 14.3 Å². The highest BCUT2D eigenvalue weighted by Gasteiger charge is 2.25. The molecule has 9 nitrogen and oxygen atoms in total. The number of halogens is 1. The first-order valence-electron chi connectivity index (χ1n) is 10.2. The Morgan fingerprint density at radius 2 is 2.13 bits per heavy atom. The van der Waals surface area contributed by atoms with E-state index in [1.165, 1.54) is 27.6 Å². The van der Waals surface area contributed by atoms with Crippen molar-refractivity contribution < 1.29 is 9.18 Å². The highest BCUT2D eigenvalue weighted by atomic mass is 19.1. The minimum atomic E-state index is -0.350. The van der Waals surface area contributed by atoms with Crippen molar-refractivity contribution in [2.75, 3.05) is 18.0 Å². The molecule has 1 N–H and O–H groups in total. The third-order valence-electron chi connectivity index (χ3n) is 5.33. The SMILES string of the molecule is Cn1cc(C(=O)NCC2CCCCN2c2ccc(=O)n(Cc3cccc(F)c3)n2)nn1. The number of hydrogen-bond acceptors (Lipinski definition) is 6. The molecule has 1 atom stereocenters. The molecule has 0 spiro atoms. The van der Waals surface area contributed by atoms with Gasteiger partial charge in [0.25, 0.3) is 11.5 Å². The van der Waals surface area contributed by atoms with Gasteiger partial charge < -0.3 is 10.2 Å². The molecular formula is C21H24FN7O2. The molecule has 1 aliphatic heterocycles. The molecular weight excluding hydrogens is 401 g/mol. The van der Waals surface area contributed by atoms with Crippen molar-refractivity contribution in [2.24, 2.45) is 7.05 Å². The number of anilines is 1. The van der Waals surface area contributed by atoms with Crippen LogP contribution in [0.15, 0.2) is 47.4 Å². The second-order valence-corrected chi connectivity index (χ2v) is 7.65. The van der Waals surface area contributed by atoms with Crippen LogP contribution in [0.3, 0.4) is 0 Å². The topological polar surface area (TPSA) is 97.9 Å². The number of nitrogens with zero attached hydrogens (tertiary/aromatic N) is 6. The summed E-state index contributed by atoms with van der Waals surface area (Å²) in [6.07, 6.45) is 4.51. The molecule has 0 radical (unpaired) electrons. The number of nitrogens with one attached hydrogen (secondary N) is 1. The first kappa shape index (κ1) is 20.7. The van der Waals surface area contributed by atoms with Gasteiger partial charge in [0, 0.05) is 32.2 Å². The molecule has 1 fully saturated rings. The lowest BCUT2D eigenvalue weighted by Crippen LogP contribution is -2.47. The molecule has 1 unspecified atom stereocenters. The van der Waals surface area contributed by atoms with E-state index in [2.05, 4.69) is 25.6 Å². The van der Waals surface area contributed by atoms with Gasteiger partial charge >= 0.3 is 0 Å². The number of amides is 1. The fourth-order valence-electron chi connectivity index (χ4n) is 3.78. The van der Waals surface area contributed by atoms with E-state index >= 15 is 0 Å². The average molecular weight is 425 g/mol. The Labute approximate surface area is 178 Å². The van der Waals surface area contributed by atoms with E-state index in [0.29, 0.717) is 17.9 Å². The fraction of sp³-hybridized carbons (Fsp3) is 0.381. The van der Waals surface area contributed by atoms with Gasteiger partial charge in [0.1, 0.15) is 11.6 Å². The zero-order valence-corrected chi connectivity index (χ0v) is 17.2. The van der Waals surface area contributed by atoms with Crippen LogP contribution in [0.4, 0.5) is 10.2 Å². The van der Waals surface area contributed by atoms with E-state index in [-0.39, 0.29) is 35.6 Å². The summed E-state index contributed by atoms with van der Waals surface area (Å²) < 4.78 is 16.3. The lowest BCUT2D eigenvalue weighted by atomic mass is 10.0. The number of aromatic nitrogens is 5. The molecule has 31 heavy (non-hydrogen) atoms. The molecule has 3 aromatic rings. The summed E-state index contributed by atoms with van der Waals surface area (Å²) in [4.78, 5) is 26.8. The maximum atomic E-state index is 13.5. The van der Waals surface area contributed by atoms with Crippen molar-refractivity contribution in [3.8, 4) is 0 Å². The van der Waals surface area contributed by atoms with E-state index < -0.39 is 0 Å². The fourth-order valence-corrected chi connectivity index (χ4v) is 3.78. The zero-order valence-electron chi connectivity index (χ0n) is 17.2. The molecule has 4 rings (SSSR count). The van der Waals surface area contributed by atoms with Crippen LogP contribution in [-0.2, 0) is 13.6 Å². The molecule has 1 aliphatic rings.